The maximum Gasteiger partial charge on any atom is 0.227 e. The number of hydrogen-bond acceptors (Lipinski definition) is 3. The van der Waals surface area contributed by atoms with Crippen LogP contribution in [-0.2, 0) is 4.79 Å². The van der Waals surface area contributed by atoms with Gasteiger partial charge in [0.2, 0.25) is 5.91 Å². The summed E-state index contributed by atoms with van der Waals surface area (Å²) in [7, 11) is 0. The van der Waals surface area contributed by atoms with Crippen LogP contribution in [0.3, 0.4) is 0 Å². The number of rotatable bonds is 3. The number of carbonyl (C=O) groups excluding carboxylic acids is 1. The molecule has 1 heterocycles. The van der Waals surface area contributed by atoms with Crippen molar-refractivity contribution < 1.29 is 9.90 Å². The molecule has 1 saturated carbocycles. The van der Waals surface area contributed by atoms with E-state index in [1.807, 2.05) is 6.92 Å². The first-order valence-corrected chi connectivity index (χ1v) is 7.29. The van der Waals surface area contributed by atoms with Gasteiger partial charge in [0, 0.05) is 19.0 Å². The summed E-state index contributed by atoms with van der Waals surface area (Å²) in [5, 5.41) is 16.2. The zero-order chi connectivity index (χ0) is 13.0. The van der Waals surface area contributed by atoms with E-state index in [0.29, 0.717) is 6.54 Å². The molecule has 18 heavy (non-hydrogen) atoms. The van der Waals surface area contributed by atoms with Crippen LogP contribution in [0.15, 0.2) is 0 Å². The van der Waals surface area contributed by atoms with E-state index in [1.165, 1.54) is 6.42 Å². The Hall–Kier alpha value is -0.610. The van der Waals surface area contributed by atoms with E-state index >= 15 is 0 Å². The lowest BCUT2D eigenvalue weighted by Crippen LogP contribution is -2.50. The van der Waals surface area contributed by atoms with Crippen molar-refractivity contribution in [2.45, 2.75) is 51.6 Å². The van der Waals surface area contributed by atoms with Crippen molar-refractivity contribution >= 4 is 5.91 Å². The van der Waals surface area contributed by atoms with Gasteiger partial charge >= 0.3 is 0 Å². The van der Waals surface area contributed by atoms with E-state index in [1.54, 1.807) is 0 Å². The summed E-state index contributed by atoms with van der Waals surface area (Å²) in [5.74, 6) is 0.398. The molecule has 3 unspecified atom stereocenters. The molecule has 0 spiro atoms. The van der Waals surface area contributed by atoms with Crippen molar-refractivity contribution in [2.75, 3.05) is 19.6 Å². The lowest BCUT2D eigenvalue weighted by molar-refractivity contribution is -0.131. The first-order valence-electron chi connectivity index (χ1n) is 7.29. The normalized spacial score (nSPS) is 37.2. The molecule has 1 amide bonds. The zero-order valence-corrected chi connectivity index (χ0v) is 11.4. The van der Waals surface area contributed by atoms with Gasteiger partial charge in [-0.15, -0.1) is 0 Å². The number of amides is 1. The van der Waals surface area contributed by atoms with Crippen molar-refractivity contribution in [1.29, 1.82) is 0 Å². The minimum Gasteiger partial charge on any atom is -0.393 e. The lowest BCUT2D eigenvalue weighted by Gasteiger charge is -2.34. The van der Waals surface area contributed by atoms with Gasteiger partial charge in [0.25, 0.3) is 0 Å². The van der Waals surface area contributed by atoms with Crippen LogP contribution in [0, 0.1) is 11.3 Å². The Morgan fingerprint density at radius 1 is 1.39 bits per heavy atom. The van der Waals surface area contributed by atoms with E-state index in [-0.39, 0.29) is 23.3 Å². The zero-order valence-electron chi connectivity index (χ0n) is 11.4. The summed E-state index contributed by atoms with van der Waals surface area (Å²) in [5.41, 5.74) is -0.266. The molecule has 3 atom stereocenters. The SMILES string of the molecule is CC1(C(=O)NCC2CCCCC2O)CCCNC1. The summed E-state index contributed by atoms with van der Waals surface area (Å²) >= 11 is 0. The van der Waals surface area contributed by atoms with Gasteiger partial charge in [0.15, 0.2) is 0 Å². The van der Waals surface area contributed by atoms with Crippen LogP contribution in [-0.4, -0.2) is 36.8 Å². The van der Waals surface area contributed by atoms with Gasteiger partial charge < -0.3 is 15.7 Å². The van der Waals surface area contributed by atoms with Gasteiger partial charge in [0.05, 0.1) is 11.5 Å². The van der Waals surface area contributed by atoms with Gasteiger partial charge in [-0.1, -0.05) is 12.8 Å². The highest BCUT2D eigenvalue weighted by Crippen LogP contribution is 2.27. The fourth-order valence-electron chi connectivity index (χ4n) is 3.11. The van der Waals surface area contributed by atoms with Crippen LogP contribution in [0.1, 0.15) is 45.4 Å². The second-order valence-corrected chi connectivity index (χ2v) is 6.16. The summed E-state index contributed by atoms with van der Waals surface area (Å²) in [6.45, 7) is 4.46. The lowest BCUT2D eigenvalue weighted by atomic mass is 9.81. The third-order valence-corrected chi connectivity index (χ3v) is 4.54. The number of carbonyl (C=O) groups is 1. The molecule has 1 aliphatic carbocycles. The predicted molar refractivity (Wildman–Crippen MR) is 71.2 cm³/mol. The standard InChI is InChI=1S/C14H26N2O2/c1-14(7-4-8-15-10-14)13(18)16-9-11-5-2-3-6-12(11)17/h11-12,15,17H,2-10H2,1H3,(H,16,18). The topological polar surface area (TPSA) is 61.4 Å². The van der Waals surface area contributed by atoms with Crippen LogP contribution in [0.25, 0.3) is 0 Å². The van der Waals surface area contributed by atoms with E-state index in [9.17, 15) is 9.90 Å². The van der Waals surface area contributed by atoms with Crippen LogP contribution >= 0.6 is 0 Å². The molecule has 2 fully saturated rings. The average Bonchev–Trinajstić information content (AvgIpc) is 2.38. The van der Waals surface area contributed by atoms with Crippen molar-refractivity contribution in [2.24, 2.45) is 11.3 Å². The Bertz CT molecular complexity index is 288. The Balaban J connectivity index is 1.80. The number of hydrogen-bond donors (Lipinski definition) is 3. The summed E-state index contributed by atoms with van der Waals surface area (Å²) in [4.78, 5) is 12.2. The Labute approximate surface area is 110 Å². The van der Waals surface area contributed by atoms with Crippen LogP contribution in [0.4, 0.5) is 0 Å². The molecule has 0 radical (unpaired) electrons. The first-order chi connectivity index (χ1) is 8.62. The number of aliphatic hydroxyl groups excluding tert-OH is 1. The first kappa shape index (κ1) is 13.8. The highest BCUT2D eigenvalue weighted by Gasteiger charge is 2.35. The highest BCUT2D eigenvalue weighted by atomic mass is 16.3. The van der Waals surface area contributed by atoms with Gasteiger partial charge in [-0.2, -0.15) is 0 Å². The third kappa shape index (κ3) is 3.23. The summed E-state index contributed by atoms with van der Waals surface area (Å²) < 4.78 is 0. The number of nitrogens with one attached hydrogen (secondary N) is 2. The van der Waals surface area contributed by atoms with Gasteiger partial charge in [-0.25, -0.2) is 0 Å². The molecule has 1 aliphatic heterocycles. The molecular formula is C14H26N2O2. The van der Waals surface area contributed by atoms with Crippen LogP contribution in [0.2, 0.25) is 0 Å². The van der Waals surface area contributed by atoms with Gasteiger partial charge in [-0.05, 0) is 39.2 Å². The second kappa shape index (κ2) is 6.02. The molecule has 4 nitrogen and oxygen atoms in total. The fourth-order valence-corrected chi connectivity index (χ4v) is 3.11. The molecule has 3 N–H and O–H groups in total. The molecule has 0 bridgehead atoms. The second-order valence-electron chi connectivity index (χ2n) is 6.16. The maximum atomic E-state index is 12.2. The minimum atomic E-state index is -0.266. The summed E-state index contributed by atoms with van der Waals surface area (Å²) in [6.07, 6.45) is 6.02. The molecule has 1 saturated heterocycles. The van der Waals surface area contributed by atoms with Gasteiger partial charge in [0.1, 0.15) is 0 Å². The minimum absolute atomic E-state index is 0.146. The van der Waals surface area contributed by atoms with Crippen molar-refractivity contribution in [3.05, 3.63) is 0 Å². The Kier molecular flexibility index (Phi) is 4.62. The van der Waals surface area contributed by atoms with Crippen molar-refractivity contribution in [1.82, 2.24) is 10.6 Å². The average molecular weight is 254 g/mol. The fraction of sp³-hybridized carbons (Fsp3) is 0.929. The monoisotopic (exact) mass is 254 g/mol. The number of piperidine rings is 1. The smallest absolute Gasteiger partial charge is 0.227 e. The van der Waals surface area contributed by atoms with E-state index in [0.717, 1.165) is 45.2 Å². The Morgan fingerprint density at radius 3 is 2.83 bits per heavy atom. The molecule has 4 heteroatoms. The van der Waals surface area contributed by atoms with E-state index in [4.69, 9.17) is 0 Å². The largest absolute Gasteiger partial charge is 0.393 e. The highest BCUT2D eigenvalue weighted by molar-refractivity contribution is 5.82. The van der Waals surface area contributed by atoms with Crippen molar-refractivity contribution in [3.63, 3.8) is 0 Å². The van der Waals surface area contributed by atoms with E-state index < -0.39 is 0 Å². The molecule has 0 aromatic heterocycles. The molecule has 0 aromatic carbocycles. The maximum absolute atomic E-state index is 12.2. The molecule has 2 rings (SSSR count). The number of aliphatic hydroxyl groups is 1. The molecular weight excluding hydrogens is 228 g/mol. The molecule has 104 valence electrons. The Morgan fingerprint density at radius 2 is 2.17 bits per heavy atom. The summed E-state index contributed by atoms with van der Waals surface area (Å²) in [6, 6.07) is 0. The van der Waals surface area contributed by atoms with Crippen molar-refractivity contribution in [3.8, 4) is 0 Å². The van der Waals surface area contributed by atoms with Gasteiger partial charge in [-0.3, -0.25) is 4.79 Å². The predicted octanol–water partition coefficient (Wildman–Crippen LogP) is 1.04. The molecule has 0 aromatic rings. The quantitative estimate of drug-likeness (QED) is 0.705. The van der Waals surface area contributed by atoms with E-state index in [2.05, 4.69) is 10.6 Å². The van der Waals surface area contributed by atoms with Crippen LogP contribution in [0.5, 0.6) is 0 Å². The molecule has 2 aliphatic rings. The van der Waals surface area contributed by atoms with Crippen LogP contribution < -0.4 is 10.6 Å². The third-order valence-electron chi connectivity index (χ3n) is 4.54.